The first-order valence-electron chi connectivity index (χ1n) is 9.99. The molecule has 0 saturated carbocycles. The van der Waals surface area contributed by atoms with Gasteiger partial charge in [-0.3, -0.25) is 9.59 Å². The standard InChI is InChI=1S/C24H21FN2O3S/c1-2-13-26-23(28)16-11-12-22-20(14-16)27(15-17-7-3-5-9-19(17)25)24(29)18-8-4-6-10-21(18)31(22)30/h3-12,14H,2,13,15H2,1H3,(H,26,28)/t31-/m1/s1. The number of halogens is 1. The normalized spacial score (nSPS) is 15.1. The first-order valence-corrected chi connectivity index (χ1v) is 11.1. The van der Waals surface area contributed by atoms with Crippen molar-refractivity contribution in [1.29, 1.82) is 0 Å². The van der Waals surface area contributed by atoms with E-state index in [2.05, 4.69) is 5.32 Å². The molecule has 31 heavy (non-hydrogen) atoms. The third kappa shape index (κ3) is 4.01. The monoisotopic (exact) mass is 436 g/mol. The Kier molecular flexibility index (Phi) is 5.95. The van der Waals surface area contributed by atoms with Gasteiger partial charge in [0.25, 0.3) is 11.8 Å². The van der Waals surface area contributed by atoms with Crippen LogP contribution < -0.4 is 10.2 Å². The molecular weight excluding hydrogens is 415 g/mol. The fraction of sp³-hybridized carbons (Fsp3) is 0.167. The van der Waals surface area contributed by atoms with Crippen LogP contribution in [0.3, 0.4) is 0 Å². The summed E-state index contributed by atoms with van der Waals surface area (Å²) < 4.78 is 27.8. The van der Waals surface area contributed by atoms with Gasteiger partial charge in [0.2, 0.25) is 0 Å². The Morgan fingerprint density at radius 1 is 1.03 bits per heavy atom. The molecule has 0 aromatic heterocycles. The van der Waals surface area contributed by atoms with Crippen LogP contribution in [-0.4, -0.2) is 22.6 Å². The summed E-state index contributed by atoms with van der Waals surface area (Å²) in [5.74, 6) is -1.11. The summed E-state index contributed by atoms with van der Waals surface area (Å²) in [6, 6.07) is 17.7. The van der Waals surface area contributed by atoms with Crippen molar-refractivity contribution in [2.24, 2.45) is 0 Å². The van der Waals surface area contributed by atoms with Gasteiger partial charge in [-0.2, -0.15) is 0 Å². The van der Waals surface area contributed by atoms with Crippen LogP contribution in [0.5, 0.6) is 0 Å². The van der Waals surface area contributed by atoms with Crippen LogP contribution >= 0.6 is 0 Å². The number of carbonyl (C=O) groups excluding carboxylic acids is 2. The van der Waals surface area contributed by atoms with E-state index in [1.54, 1.807) is 60.7 Å². The van der Waals surface area contributed by atoms with Crippen molar-refractivity contribution >= 4 is 28.3 Å². The highest BCUT2D eigenvalue weighted by Crippen LogP contribution is 2.36. The van der Waals surface area contributed by atoms with Crippen LogP contribution in [0.4, 0.5) is 10.1 Å². The number of amides is 2. The topological polar surface area (TPSA) is 66.5 Å². The average Bonchev–Trinajstić information content (AvgIpc) is 2.88. The number of rotatable bonds is 5. The number of hydrogen-bond donors (Lipinski definition) is 1. The van der Waals surface area contributed by atoms with E-state index < -0.39 is 22.5 Å². The van der Waals surface area contributed by atoms with E-state index in [0.717, 1.165) is 6.42 Å². The molecule has 1 N–H and O–H groups in total. The molecule has 0 unspecified atom stereocenters. The number of anilines is 1. The predicted molar refractivity (Wildman–Crippen MR) is 117 cm³/mol. The molecule has 0 saturated heterocycles. The zero-order valence-corrected chi connectivity index (χ0v) is 17.7. The van der Waals surface area contributed by atoms with E-state index in [0.29, 0.717) is 38.7 Å². The maximum atomic E-state index is 14.4. The van der Waals surface area contributed by atoms with E-state index in [4.69, 9.17) is 0 Å². The van der Waals surface area contributed by atoms with Gasteiger partial charge < -0.3 is 10.2 Å². The Labute approximate surface area is 182 Å². The molecule has 4 rings (SSSR count). The summed E-state index contributed by atoms with van der Waals surface area (Å²) in [6.45, 7) is 2.42. The SMILES string of the molecule is CCCNC(=O)c1ccc2c(c1)N(Cc1ccccc1F)C(=O)c1ccccc1[S@]2=O. The fourth-order valence-electron chi connectivity index (χ4n) is 3.50. The predicted octanol–water partition coefficient (Wildman–Crippen LogP) is 4.29. The number of benzene rings is 3. The molecular formula is C24H21FN2O3S. The number of fused-ring (bicyclic) bond motifs is 2. The van der Waals surface area contributed by atoms with Crippen molar-refractivity contribution in [3.8, 4) is 0 Å². The van der Waals surface area contributed by atoms with Crippen molar-refractivity contribution < 1.29 is 18.2 Å². The molecule has 1 heterocycles. The van der Waals surface area contributed by atoms with E-state index in [1.165, 1.54) is 11.0 Å². The van der Waals surface area contributed by atoms with Crippen LogP contribution in [0.2, 0.25) is 0 Å². The number of hydrogen-bond acceptors (Lipinski definition) is 3. The lowest BCUT2D eigenvalue weighted by Gasteiger charge is -2.24. The maximum absolute atomic E-state index is 14.4. The van der Waals surface area contributed by atoms with Crippen molar-refractivity contribution in [2.75, 3.05) is 11.4 Å². The number of nitrogens with one attached hydrogen (secondary N) is 1. The van der Waals surface area contributed by atoms with Gasteiger partial charge in [0.15, 0.2) is 0 Å². The molecule has 0 radical (unpaired) electrons. The lowest BCUT2D eigenvalue weighted by Crippen LogP contribution is -2.31. The second-order valence-corrected chi connectivity index (χ2v) is 8.60. The van der Waals surface area contributed by atoms with Crippen molar-refractivity contribution in [2.45, 2.75) is 29.7 Å². The number of nitrogens with zero attached hydrogens (tertiary/aromatic N) is 1. The lowest BCUT2D eigenvalue weighted by atomic mass is 10.1. The molecule has 3 aromatic rings. The summed E-state index contributed by atoms with van der Waals surface area (Å²) >= 11 is 0. The highest BCUT2D eigenvalue weighted by molar-refractivity contribution is 7.85. The number of carbonyl (C=O) groups is 2. The maximum Gasteiger partial charge on any atom is 0.259 e. The molecule has 0 spiro atoms. The highest BCUT2D eigenvalue weighted by Gasteiger charge is 2.31. The van der Waals surface area contributed by atoms with Gasteiger partial charge in [-0.25, -0.2) is 8.60 Å². The van der Waals surface area contributed by atoms with Crippen LogP contribution in [-0.2, 0) is 17.3 Å². The minimum absolute atomic E-state index is 0.0515. The van der Waals surface area contributed by atoms with Crippen LogP contribution in [0.1, 0.15) is 39.6 Å². The summed E-state index contributed by atoms with van der Waals surface area (Å²) in [5, 5.41) is 2.81. The molecule has 1 aliphatic rings. The zero-order chi connectivity index (χ0) is 22.0. The quantitative estimate of drug-likeness (QED) is 0.649. The Morgan fingerprint density at radius 2 is 1.77 bits per heavy atom. The molecule has 0 fully saturated rings. The first-order chi connectivity index (χ1) is 15.0. The van der Waals surface area contributed by atoms with Crippen molar-refractivity contribution in [1.82, 2.24) is 5.32 Å². The molecule has 5 nitrogen and oxygen atoms in total. The Balaban J connectivity index is 1.87. The molecule has 3 aromatic carbocycles. The Bertz CT molecular complexity index is 1190. The van der Waals surface area contributed by atoms with Crippen molar-refractivity contribution in [3.05, 3.63) is 89.2 Å². The van der Waals surface area contributed by atoms with Gasteiger partial charge in [0.1, 0.15) is 5.82 Å². The molecule has 158 valence electrons. The van der Waals surface area contributed by atoms with Crippen molar-refractivity contribution in [3.63, 3.8) is 0 Å². The minimum atomic E-state index is -1.63. The van der Waals surface area contributed by atoms with Gasteiger partial charge in [0.05, 0.1) is 38.4 Å². The van der Waals surface area contributed by atoms with Gasteiger partial charge >= 0.3 is 0 Å². The third-order valence-electron chi connectivity index (χ3n) is 5.10. The molecule has 1 atom stereocenters. The van der Waals surface area contributed by atoms with Crippen LogP contribution in [0, 0.1) is 5.82 Å². The Morgan fingerprint density at radius 3 is 2.55 bits per heavy atom. The molecule has 0 bridgehead atoms. The highest BCUT2D eigenvalue weighted by atomic mass is 32.2. The average molecular weight is 437 g/mol. The molecule has 7 heteroatoms. The minimum Gasteiger partial charge on any atom is -0.352 e. The smallest absolute Gasteiger partial charge is 0.259 e. The largest absolute Gasteiger partial charge is 0.352 e. The van der Waals surface area contributed by atoms with Gasteiger partial charge in [0, 0.05) is 17.7 Å². The van der Waals surface area contributed by atoms with Gasteiger partial charge in [-0.15, -0.1) is 0 Å². The summed E-state index contributed by atoms with van der Waals surface area (Å²) in [5.41, 5.74) is 1.31. The summed E-state index contributed by atoms with van der Waals surface area (Å²) in [4.78, 5) is 28.2. The summed E-state index contributed by atoms with van der Waals surface area (Å²) in [7, 11) is -1.63. The summed E-state index contributed by atoms with van der Waals surface area (Å²) in [6.07, 6.45) is 0.786. The van der Waals surface area contributed by atoms with Crippen LogP contribution in [0.15, 0.2) is 76.5 Å². The van der Waals surface area contributed by atoms with E-state index in [-0.39, 0.29) is 12.5 Å². The van der Waals surface area contributed by atoms with E-state index in [1.807, 2.05) is 6.92 Å². The second kappa shape index (κ2) is 8.81. The first kappa shape index (κ1) is 20.9. The third-order valence-corrected chi connectivity index (χ3v) is 6.60. The lowest BCUT2D eigenvalue weighted by molar-refractivity contribution is 0.0950. The second-order valence-electron chi connectivity index (χ2n) is 7.19. The van der Waals surface area contributed by atoms with Crippen LogP contribution in [0.25, 0.3) is 0 Å². The van der Waals surface area contributed by atoms with E-state index in [9.17, 15) is 18.2 Å². The van der Waals surface area contributed by atoms with E-state index >= 15 is 0 Å². The zero-order valence-electron chi connectivity index (χ0n) is 16.9. The molecule has 1 aliphatic heterocycles. The van der Waals surface area contributed by atoms with Gasteiger partial charge in [-0.05, 0) is 42.8 Å². The van der Waals surface area contributed by atoms with Gasteiger partial charge in [-0.1, -0.05) is 37.3 Å². The molecule has 0 aliphatic carbocycles. The molecule has 2 amide bonds. The fourth-order valence-corrected chi connectivity index (χ4v) is 4.84. The Hall–Kier alpha value is -3.32.